The number of carbonyl (C=O) groups excluding carboxylic acids is 1. The van der Waals surface area contributed by atoms with E-state index in [1.54, 1.807) is 18.3 Å². The molecule has 0 radical (unpaired) electrons. The molecular weight excluding hydrogens is 363 g/mol. The highest BCUT2D eigenvalue weighted by molar-refractivity contribution is 5.96. The Kier molecular flexibility index (Phi) is 5.43. The van der Waals surface area contributed by atoms with Gasteiger partial charge in [-0.05, 0) is 47.3 Å². The summed E-state index contributed by atoms with van der Waals surface area (Å²) in [6.07, 6.45) is 4.57. The van der Waals surface area contributed by atoms with Crippen molar-refractivity contribution in [3.63, 3.8) is 0 Å². The van der Waals surface area contributed by atoms with E-state index in [0.29, 0.717) is 5.56 Å². The van der Waals surface area contributed by atoms with Crippen LogP contribution in [0.2, 0.25) is 0 Å². The molecule has 142 valence electrons. The summed E-state index contributed by atoms with van der Waals surface area (Å²) in [6, 6.07) is 26.3. The quantitative estimate of drug-likeness (QED) is 0.366. The Hall–Kier alpha value is -3.79. The highest BCUT2D eigenvalue weighted by Gasteiger charge is 2.02. The summed E-state index contributed by atoms with van der Waals surface area (Å²) in [5, 5.41) is 1.98. The molecule has 0 atom stereocenters. The van der Waals surface area contributed by atoms with E-state index in [1.165, 1.54) is 11.6 Å². The monoisotopic (exact) mass is 382 g/mol. The molecule has 0 spiro atoms. The number of carbonyl (C=O) groups is 1. The van der Waals surface area contributed by atoms with Crippen LogP contribution in [0.4, 0.5) is 4.39 Å². The van der Waals surface area contributed by atoms with Gasteiger partial charge < -0.3 is 4.57 Å². The predicted molar refractivity (Wildman–Crippen MR) is 115 cm³/mol. The number of rotatable bonds is 3. The van der Waals surface area contributed by atoms with E-state index in [4.69, 9.17) is 0 Å². The van der Waals surface area contributed by atoms with Crippen LogP contribution in [-0.2, 0) is 6.54 Å². The molecule has 2 heterocycles. The summed E-state index contributed by atoms with van der Waals surface area (Å²) in [4.78, 5) is 14.7. The maximum Gasteiger partial charge on any atom is 0.150 e. The maximum absolute atomic E-state index is 13.2. The largest absolute Gasteiger partial charge is 0.343 e. The number of nitrogens with zero attached hydrogens (tertiary/aromatic N) is 2. The van der Waals surface area contributed by atoms with Gasteiger partial charge in [0.25, 0.3) is 0 Å². The second-order valence-corrected chi connectivity index (χ2v) is 6.67. The van der Waals surface area contributed by atoms with E-state index < -0.39 is 0 Å². The summed E-state index contributed by atoms with van der Waals surface area (Å²) in [7, 11) is 0. The summed E-state index contributed by atoms with van der Waals surface area (Å²) in [5.74, 6) is -0.189. The van der Waals surface area contributed by atoms with Crippen LogP contribution in [0.3, 0.4) is 0 Å². The third kappa shape index (κ3) is 4.22. The first-order chi connectivity index (χ1) is 14.2. The topological polar surface area (TPSA) is 34.9 Å². The lowest BCUT2D eigenvalue weighted by atomic mass is 10.1. The first kappa shape index (κ1) is 18.6. The Balaban J connectivity index is 0.000000150. The standard InChI is InChI=1S/C15H12FN.C10H7NO/c16-14-7-6-13-8-9-17(15(13)10-14)11-12-4-2-1-3-5-12;12-7-8-3-1-5-10-9(8)4-2-6-11-10/h1-10H,11H2;1-7H. The number of pyridine rings is 1. The highest BCUT2D eigenvalue weighted by atomic mass is 19.1. The SMILES string of the molecule is Fc1ccc2ccn(Cc3ccccc3)c2c1.O=Cc1cccc2ncccc12. The normalized spacial score (nSPS) is 10.5. The van der Waals surface area contributed by atoms with Crippen molar-refractivity contribution in [1.29, 1.82) is 0 Å². The van der Waals surface area contributed by atoms with E-state index in [-0.39, 0.29) is 5.82 Å². The Morgan fingerprint density at radius 3 is 2.59 bits per heavy atom. The highest BCUT2D eigenvalue weighted by Crippen LogP contribution is 2.18. The van der Waals surface area contributed by atoms with E-state index in [0.717, 1.165) is 34.6 Å². The Bertz CT molecular complexity index is 1260. The molecule has 5 rings (SSSR count). The molecule has 0 saturated heterocycles. The zero-order valence-electron chi connectivity index (χ0n) is 15.7. The molecule has 0 amide bonds. The average Bonchev–Trinajstić information content (AvgIpc) is 3.16. The molecule has 0 saturated carbocycles. The van der Waals surface area contributed by atoms with Crippen LogP contribution in [0.1, 0.15) is 15.9 Å². The molecule has 0 N–H and O–H groups in total. The number of aromatic nitrogens is 2. The minimum atomic E-state index is -0.189. The van der Waals surface area contributed by atoms with Crippen LogP contribution in [0.25, 0.3) is 21.8 Å². The molecular formula is C25H19FN2O. The van der Waals surface area contributed by atoms with Gasteiger partial charge in [0.1, 0.15) is 5.82 Å². The fraction of sp³-hybridized carbons (Fsp3) is 0.0400. The van der Waals surface area contributed by atoms with Crippen LogP contribution in [0.5, 0.6) is 0 Å². The number of benzene rings is 3. The van der Waals surface area contributed by atoms with Crippen LogP contribution in [0, 0.1) is 5.82 Å². The first-order valence-corrected chi connectivity index (χ1v) is 9.32. The third-order valence-corrected chi connectivity index (χ3v) is 4.74. The molecule has 0 fully saturated rings. The Labute approximate surface area is 168 Å². The zero-order valence-corrected chi connectivity index (χ0v) is 15.7. The van der Waals surface area contributed by atoms with Crippen molar-refractivity contribution in [2.24, 2.45) is 0 Å². The van der Waals surface area contributed by atoms with E-state index in [1.807, 2.05) is 60.8 Å². The van der Waals surface area contributed by atoms with Crippen LogP contribution in [0.15, 0.2) is 97.3 Å². The smallest absolute Gasteiger partial charge is 0.150 e. The lowest BCUT2D eigenvalue weighted by Crippen LogP contribution is -1.97. The molecule has 0 unspecified atom stereocenters. The van der Waals surface area contributed by atoms with Crippen molar-refractivity contribution in [3.8, 4) is 0 Å². The Morgan fingerprint density at radius 1 is 0.897 bits per heavy atom. The number of fused-ring (bicyclic) bond motifs is 2. The van der Waals surface area contributed by atoms with Crippen LogP contribution >= 0.6 is 0 Å². The number of hydrogen-bond donors (Lipinski definition) is 0. The lowest BCUT2D eigenvalue weighted by molar-refractivity contribution is 0.112. The molecule has 0 aliphatic heterocycles. The molecule has 4 heteroatoms. The molecule has 3 aromatic carbocycles. The molecule has 0 bridgehead atoms. The van der Waals surface area contributed by atoms with Crippen molar-refractivity contribution >= 4 is 28.1 Å². The van der Waals surface area contributed by atoms with Gasteiger partial charge in [0.2, 0.25) is 0 Å². The summed E-state index contributed by atoms with van der Waals surface area (Å²) in [5.41, 5.74) is 3.71. The summed E-state index contributed by atoms with van der Waals surface area (Å²) < 4.78 is 15.3. The molecule has 5 aromatic rings. The van der Waals surface area contributed by atoms with Crippen molar-refractivity contribution in [2.75, 3.05) is 0 Å². The second kappa shape index (κ2) is 8.48. The summed E-state index contributed by atoms with van der Waals surface area (Å²) >= 11 is 0. The van der Waals surface area contributed by atoms with Gasteiger partial charge in [-0.3, -0.25) is 9.78 Å². The van der Waals surface area contributed by atoms with Gasteiger partial charge in [-0.15, -0.1) is 0 Å². The van der Waals surface area contributed by atoms with Crippen LogP contribution < -0.4 is 0 Å². The van der Waals surface area contributed by atoms with E-state index in [2.05, 4.69) is 21.7 Å². The minimum absolute atomic E-state index is 0.189. The minimum Gasteiger partial charge on any atom is -0.343 e. The molecule has 29 heavy (non-hydrogen) atoms. The number of aldehydes is 1. The third-order valence-electron chi connectivity index (χ3n) is 4.74. The average molecular weight is 382 g/mol. The lowest BCUT2D eigenvalue weighted by Gasteiger charge is -2.05. The van der Waals surface area contributed by atoms with Crippen LogP contribution in [-0.4, -0.2) is 15.8 Å². The second-order valence-electron chi connectivity index (χ2n) is 6.67. The van der Waals surface area contributed by atoms with Gasteiger partial charge in [-0.2, -0.15) is 0 Å². The number of hydrogen-bond acceptors (Lipinski definition) is 2. The Morgan fingerprint density at radius 2 is 1.76 bits per heavy atom. The molecule has 3 nitrogen and oxygen atoms in total. The van der Waals surface area contributed by atoms with Crippen molar-refractivity contribution in [3.05, 3.63) is 114 Å². The van der Waals surface area contributed by atoms with E-state index in [9.17, 15) is 9.18 Å². The van der Waals surface area contributed by atoms with Gasteiger partial charge in [-0.25, -0.2) is 4.39 Å². The van der Waals surface area contributed by atoms with Crippen molar-refractivity contribution in [2.45, 2.75) is 6.54 Å². The van der Waals surface area contributed by atoms with Crippen molar-refractivity contribution in [1.82, 2.24) is 9.55 Å². The van der Waals surface area contributed by atoms with E-state index >= 15 is 0 Å². The van der Waals surface area contributed by atoms with Gasteiger partial charge in [0.05, 0.1) is 11.0 Å². The molecule has 0 aliphatic rings. The van der Waals surface area contributed by atoms with Gasteiger partial charge in [0, 0.05) is 29.9 Å². The molecule has 0 aliphatic carbocycles. The van der Waals surface area contributed by atoms with Crippen molar-refractivity contribution < 1.29 is 9.18 Å². The molecule has 2 aromatic heterocycles. The van der Waals surface area contributed by atoms with Gasteiger partial charge >= 0.3 is 0 Å². The van der Waals surface area contributed by atoms with Gasteiger partial charge in [-0.1, -0.05) is 48.5 Å². The predicted octanol–water partition coefficient (Wildman–Crippen LogP) is 5.88. The zero-order chi connectivity index (χ0) is 20.1. The number of halogens is 1. The summed E-state index contributed by atoms with van der Waals surface area (Å²) in [6.45, 7) is 0.772. The fourth-order valence-electron chi connectivity index (χ4n) is 3.30. The maximum atomic E-state index is 13.2. The first-order valence-electron chi connectivity index (χ1n) is 9.32. The van der Waals surface area contributed by atoms with Gasteiger partial charge in [0.15, 0.2) is 6.29 Å². The fourth-order valence-corrected chi connectivity index (χ4v) is 3.30.